The molecule has 0 aliphatic carbocycles. The molecule has 11 heteroatoms. The highest BCUT2D eigenvalue weighted by atomic mass is 79.9. The molecule has 1 aromatic heterocycles. The van der Waals surface area contributed by atoms with E-state index in [1.54, 1.807) is 33.2 Å². The summed E-state index contributed by atoms with van der Waals surface area (Å²) < 4.78 is 25.7. The molecule has 0 spiro atoms. The summed E-state index contributed by atoms with van der Waals surface area (Å²) in [5.74, 6) is 0.875. The van der Waals surface area contributed by atoms with Crippen molar-refractivity contribution in [3.8, 4) is 22.6 Å². The Bertz CT molecular complexity index is 1560. The molecule has 1 heterocycles. The molecule has 0 saturated heterocycles. The van der Waals surface area contributed by atoms with Gasteiger partial charge in [-0.3, -0.25) is 19.0 Å². The third kappa shape index (κ3) is 11.5. The van der Waals surface area contributed by atoms with Crippen LogP contribution in [0.5, 0.6) is 11.5 Å². The first-order chi connectivity index (χ1) is 22.1. The molecule has 10 nitrogen and oxygen atoms in total. The number of hydrogen-bond acceptors (Lipinski definition) is 8. The number of halogens is 1. The van der Waals surface area contributed by atoms with Crippen LogP contribution < -0.4 is 20.7 Å². The number of aromatic nitrogens is 2. The number of para-hydroxylation sites is 1. The first kappa shape index (κ1) is 36.6. The molecule has 0 fully saturated rings. The van der Waals surface area contributed by atoms with Gasteiger partial charge in [0.25, 0.3) is 5.56 Å². The van der Waals surface area contributed by atoms with Crippen molar-refractivity contribution >= 4 is 27.9 Å². The Labute approximate surface area is 278 Å². The standard InChI is InChI=1S/C35H45BrN2O8/c1-5-43-32(39)17-16-26-14-10-11-15-31(26)46-24-25(19-33(40)44-6-2)13-9-7-8-12-18-45-29-21-27(20-28(36)22-29)30-23-37(3)35(42)38(4)34(30)41/h10-11,14-15,20-23,25H,5-9,12-13,16-19,24H2,1-4H3. The highest BCUT2D eigenvalue weighted by Crippen LogP contribution is 2.27. The van der Waals surface area contributed by atoms with E-state index < -0.39 is 0 Å². The van der Waals surface area contributed by atoms with Crippen LogP contribution in [0.1, 0.15) is 64.4 Å². The fraction of sp³-hybridized carbons (Fsp3) is 0.486. The Morgan fingerprint density at radius 2 is 1.61 bits per heavy atom. The van der Waals surface area contributed by atoms with E-state index in [-0.39, 0.29) is 41.9 Å². The second kappa shape index (κ2) is 19.0. The quantitative estimate of drug-likeness (QED) is 0.111. The van der Waals surface area contributed by atoms with Gasteiger partial charge in [0.1, 0.15) is 11.5 Å². The first-order valence-electron chi connectivity index (χ1n) is 15.8. The van der Waals surface area contributed by atoms with E-state index in [9.17, 15) is 19.2 Å². The molecule has 0 radical (unpaired) electrons. The molecule has 46 heavy (non-hydrogen) atoms. The maximum Gasteiger partial charge on any atom is 0.330 e. The molecule has 2 aromatic carbocycles. The van der Waals surface area contributed by atoms with Gasteiger partial charge in [-0.05, 0) is 68.5 Å². The van der Waals surface area contributed by atoms with E-state index in [0.29, 0.717) is 55.5 Å². The molecule has 3 rings (SSSR count). The van der Waals surface area contributed by atoms with E-state index in [1.165, 1.54) is 11.6 Å². The lowest BCUT2D eigenvalue weighted by Crippen LogP contribution is -2.37. The number of ether oxygens (including phenoxy) is 4. The summed E-state index contributed by atoms with van der Waals surface area (Å²) in [4.78, 5) is 48.9. The van der Waals surface area contributed by atoms with E-state index >= 15 is 0 Å². The summed E-state index contributed by atoms with van der Waals surface area (Å²) in [5.41, 5.74) is 1.26. The first-order valence-corrected chi connectivity index (χ1v) is 16.6. The van der Waals surface area contributed by atoms with E-state index in [0.717, 1.165) is 46.7 Å². The minimum Gasteiger partial charge on any atom is -0.494 e. The van der Waals surface area contributed by atoms with Crippen molar-refractivity contribution < 1.29 is 28.5 Å². The van der Waals surface area contributed by atoms with Gasteiger partial charge in [-0.25, -0.2) is 4.79 Å². The highest BCUT2D eigenvalue weighted by Gasteiger charge is 2.17. The lowest BCUT2D eigenvalue weighted by atomic mass is 9.98. The Kier molecular flexibility index (Phi) is 15.1. The Morgan fingerprint density at radius 1 is 0.891 bits per heavy atom. The molecule has 1 unspecified atom stereocenters. The number of benzene rings is 2. The van der Waals surface area contributed by atoms with Gasteiger partial charge in [-0.1, -0.05) is 53.4 Å². The van der Waals surface area contributed by atoms with Crippen molar-refractivity contribution in [3.63, 3.8) is 0 Å². The zero-order chi connectivity index (χ0) is 33.5. The Hall–Kier alpha value is -3.86. The van der Waals surface area contributed by atoms with Crippen molar-refractivity contribution in [2.24, 2.45) is 20.0 Å². The summed E-state index contributed by atoms with van der Waals surface area (Å²) in [6.07, 6.45) is 7.13. The van der Waals surface area contributed by atoms with Gasteiger partial charge < -0.3 is 23.5 Å². The van der Waals surface area contributed by atoms with Crippen LogP contribution in [0.25, 0.3) is 11.1 Å². The number of hydrogen-bond donors (Lipinski definition) is 0. The molecule has 3 aromatic rings. The van der Waals surface area contributed by atoms with Gasteiger partial charge in [0.05, 0.1) is 38.4 Å². The summed E-state index contributed by atoms with van der Waals surface area (Å²) in [7, 11) is 3.08. The Balaban J connectivity index is 1.49. The van der Waals surface area contributed by atoms with Gasteiger partial charge >= 0.3 is 17.6 Å². The number of nitrogens with zero attached hydrogens (tertiary/aromatic N) is 2. The highest BCUT2D eigenvalue weighted by molar-refractivity contribution is 9.10. The molecule has 0 aliphatic heterocycles. The average molecular weight is 702 g/mol. The van der Waals surface area contributed by atoms with E-state index in [1.807, 2.05) is 36.4 Å². The van der Waals surface area contributed by atoms with Crippen molar-refractivity contribution in [2.45, 2.75) is 65.2 Å². The molecular formula is C35H45BrN2O8. The van der Waals surface area contributed by atoms with Crippen molar-refractivity contribution in [3.05, 3.63) is 79.5 Å². The third-order valence-electron chi connectivity index (χ3n) is 7.52. The van der Waals surface area contributed by atoms with Crippen LogP contribution in [0, 0.1) is 5.92 Å². The van der Waals surface area contributed by atoms with Crippen molar-refractivity contribution in [1.82, 2.24) is 9.13 Å². The smallest absolute Gasteiger partial charge is 0.330 e. The average Bonchev–Trinajstić information content (AvgIpc) is 3.03. The van der Waals surface area contributed by atoms with Crippen molar-refractivity contribution in [1.29, 1.82) is 0 Å². The normalized spacial score (nSPS) is 11.6. The summed E-state index contributed by atoms with van der Waals surface area (Å²) in [6, 6.07) is 13.1. The fourth-order valence-electron chi connectivity index (χ4n) is 5.12. The zero-order valence-electron chi connectivity index (χ0n) is 27.2. The number of unbranched alkanes of at least 4 members (excludes halogenated alkanes) is 3. The number of carbonyl (C=O) groups is 2. The molecule has 0 N–H and O–H groups in total. The zero-order valence-corrected chi connectivity index (χ0v) is 28.8. The minimum absolute atomic E-state index is 0.00121. The number of esters is 2. The summed E-state index contributed by atoms with van der Waals surface area (Å²) >= 11 is 3.50. The summed E-state index contributed by atoms with van der Waals surface area (Å²) in [5, 5.41) is 0. The number of rotatable bonds is 19. The van der Waals surface area contributed by atoms with Crippen LogP contribution >= 0.6 is 15.9 Å². The number of aryl methyl sites for hydroxylation is 2. The van der Waals surface area contributed by atoms with E-state index in [4.69, 9.17) is 18.9 Å². The fourth-order valence-corrected chi connectivity index (χ4v) is 5.59. The van der Waals surface area contributed by atoms with Crippen molar-refractivity contribution in [2.75, 3.05) is 26.4 Å². The number of carbonyl (C=O) groups excluding carboxylic acids is 2. The summed E-state index contributed by atoms with van der Waals surface area (Å²) in [6.45, 7) is 5.17. The second-order valence-corrected chi connectivity index (χ2v) is 12.0. The molecule has 0 bridgehead atoms. The Morgan fingerprint density at radius 3 is 2.37 bits per heavy atom. The van der Waals surface area contributed by atoms with Gasteiger partial charge in [0, 0.05) is 37.1 Å². The lowest BCUT2D eigenvalue weighted by Gasteiger charge is -2.18. The van der Waals surface area contributed by atoms with Gasteiger partial charge in [-0.2, -0.15) is 0 Å². The predicted molar refractivity (Wildman–Crippen MR) is 180 cm³/mol. The van der Waals surface area contributed by atoms with Gasteiger partial charge in [0.15, 0.2) is 0 Å². The molecule has 0 aliphatic rings. The predicted octanol–water partition coefficient (Wildman–Crippen LogP) is 5.99. The molecule has 1 atom stereocenters. The SMILES string of the molecule is CCOC(=O)CCc1ccccc1OCC(CCCCCCOc1cc(Br)cc(-c2cn(C)c(=O)n(C)c2=O)c1)CC(=O)OCC. The third-order valence-corrected chi connectivity index (χ3v) is 7.97. The largest absolute Gasteiger partial charge is 0.494 e. The van der Waals surface area contributed by atoms with Crippen LogP contribution in [-0.4, -0.2) is 47.5 Å². The van der Waals surface area contributed by atoms with Crippen LogP contribution in [0.3, 0.4) is 0 Å². The van der Waals surface area contributed by atoms with Gasteiger partial charge in [-0.15, -0.1) is 0 Å². The van der Waals surface area contributed by atoms with Crippen LogP contribution in [0.2, 0.25) is 0 Å². The molecule has 250 valence electrons. The molecule has 0 saturated carbocycles. The van der Waals surface area contributed by atoms with Crippen LogP contribution in [-0.2, 0) is 39.6 Å². The van der Waals surface area contributed by atoms with E-state index in [2.05, 4.69) is 15.9 Å². The minimum atomic E-state index is -0.381. The topological polar surface area (TPSA) is 115 Å². The maximum absolute atomic E-state index is 12.7. The van der Waals surface area contributed by atoms with Crippen LogP contribution in [0.4, 0.5) is 0 Å². The van der Waals surface area contributed by atoms with Crippen LogP contribution in [0.15, 0.2) is 62.7 Å². The molecule has 0 amide bonds. The lowest BCUT2D eigenvalue weighted by molar-refractivity contribution is -0.145. The molecular weight excluding hydrogens is 656 g/mol. The maximum atomic E-state index is 12.7. The monoisotopic (exact) mass is 700 g/mol. The van der Waals surface area contributed by atoms with Gasteiger partial charge in [0.2, 0.25) is 0 Å². The second-order valence-electron chi connectivity index (χ2n) is 11.1.